The number of aryl methyl sites for hydroxylation is 1. The SMILES string of the molecule is CC(=O)O.Cc1cc(C(=O)NCc2ccc(C(=N)N)cc2OCC(N)=O)n(Cc2ccccc2)n1. The molecule has 35 heavy (non-hydrogen) atoms. The first kappa shape index (κ1) is 26.6. The van der Waals surface area contributed by atoms with Crippen molar-refractivity contribution in [3.8, 4) is 5.75 Å². The van der Waals surface area contributed by atoms with Crippen molar-refractivity contribution >= 4 is 23.6 Å². The zero-order valence-electron chi connectivity index (χ0n) is 19.4. The number of rotatable bonds is 9. The molecule has 2 aromatic carbocycles. The van der Waals surface area contributed by atoms with Gasteiger partial charge in [0.05, 0.1) is 12.2 Å². The first-order valence-electron chi connectivity index (χ1n) is 10.5. The summed E-state index contributed by atoms with van der Waals surface area (Å²) in [6, 6.07) is 16.3. The number of amides is 2. The van der Waals surface area contributed by atoms with Crippen molar-refractivity contribution in [3.05, 3.63) is 82.7 Å². The summed E-state index contributed by atoms with van der Waals surface area (Å²) in [6.07, 6.45) is 0. The number of nitrogens with one attached hydrogen (secondary N) is 2. The maximum absolute atomic E-state index is 12.9. The Morgan fingerprint density at radius 3 is 2.37 bits per heavy atom. The summed E-state index contributed by atoms with van der Waals surface area (Å²) in [5.74, 6) is -1.59. The summed E-state index contributed by atoms with van der Waals surface area (Å²) in [5, 5.41) is 22.3. The lowest BCUT2D eigenvalue weighted by atomic mass is 10.1. The van der Waals surface area contributed by atoms with Crippen LogP contribution in [0, 0.1) is 12.3 Å². The molecule has 0 unspecified atom stereocenters. The number of amidine groups is 1. The highest BCUT2D eigenvalue weighted by Crippen LogP contribution is 2.21. The number of ether oxygens (including phenoxy) is 1. The molecule has 1 aromatic heterocycles. The predicted molar refractivity (Wildman–Crippen MR) is 129 cm³/mol. The third-order valence-corrected chi connectivity index (χ3v) is 4.50. The molecule has 3 aromatic rings. The second-order valence-corrected chi connectivity index (χ2v) is 7.51. The van der Waals surface area contributed by atoms with Crippen molar-refractivity contribution in [2.45, 2.75) is 26.9 Å². The van der Waals surface area contributed by atoms with Crippen molar-refractivity contribution in [2.24, 2.45) is 11.5 Å². The number of nitrogens with zero attached hydrogens (tertiary/aromatic N) is 2. The molecule has 0 bridgehead atoms. The minimum Gasteiger partial charge on any atom is -0.483 e. The van der Waals surface area contributed by atoms with Crippen LogP contribution in [-0.2, 0) is 22.7 Å². The van der Waals surface area contributed by atoms with Crippen LogP contribution in [0.15, 0.2) is 54.6 Å². The highest BCUT2D eigenvalue weighted by molar-refractivity contribution is 5.95. The van der Waals surface area contributed by atoms with Gasteiger partial charge in [-0.25, -0.2) is 0 Å². The molecule has 11 heteroatoms. The summed E-state index contributed by atoms with van der Waals surface area (Å²) < 4.78 is 7.09. The molecule has 0 aliphatic heterocycles. The molecule has 0 aliphatic rings. The zero-order chi connectivity index (χ0) is 26.0. The van der Waals surface area contributed by atoms with Crippen molar-refractivity contribution < 1.29 is 24.2 Å². The molecule has 2 amide bonds. The van der Waals surface area contributed by atoms with E-state index in [0.717, 1.165) is 18.2 Å². The van der Waals surface area contributed by atoms with E-state index in [9.17, 15) is 9.59 Å². The first-order chi connectivity index (χ1) is 16.6. The lowest BCUT2D eigenvalue weighted by molar-refractivity contribution is -0.134. The summed E-state index contributed by atoms with van der Waals surface area (Å²) >= 11 is 0. The molecule has 0 saturated carbocycles. The lowest BCUT2D eigenvalue weighted by Gasteiger charge is -2.13. The molecule has 1 heterocycles. The molecule has 0 atom stereocenters. The van der Waals surface area contributed by atoms with Crippen molar-refractivity contribution in [1.29, 1.82) is 5.41 Å². The van der Waals surface area contributed by atoms with E-state index in [4.69, 9.17) is 31.5 Å². The quantitative estimate of drug-likeness (QED) is 0.226. The van der Waals surface area contributed by atoms with Crippen LogP contribution in [0.4, 0.5) is 0 Å². The summed E-state index contributed by atoms with van der Waals surface area (Å²) in [5.41, 5.74) is 13.9. The van der Waals surface area contributed by atoms with Crippen LogP contribution in [-0.4, -0.2) is 45.1 Å². The number of hydrogen-bond acceptors (Lipinski definition) is 6. The van der Waals surface area contributed by atoms with E-state index >= 15 is 0 Å². The summed E-state index contributed by atoms with van der Waals surface area (Å²) in [4.78, 5) is 32.9. The average molecular weight is 481 g/mol. The molecule has 0 radical (unpaired) electrons. The average Bonchev–Trinajstić information content (AvgIpc) is 3.16. The van der Waals surface area contributed by atoms with Gasteiger partial charge in [0.25, 0.3) is 17.8 Å². The van der Waals surface area contributed by atoms with Gasteiger partial charge in [0, 0.05) is 24.6 Å². The van der Waals surface area contributed by atoms with E-state index in [1.54, 1.807) is 22.9 Å². The van der Waals surface area contributed by atoms with E-state index in [1.165, 1.54) is 6.07 Å². The predicted octanol–water partition coefficient (Wildman–Crippen LogP) is 1.41. The number of carboxylic acid groups (broad SMARTS) is 1. The Morgan fingerprint density at radius 1 is 1.11 bits per heavy atom. The Balaban J connectivity index is 0.00000100. The van der Waals surface area contributed by atoms with Gasteiger partial charge in [0.15, 0.2) is 6.61 Å². The highest BCUT2D eigenvalue weighted by atomic mass is 16.5. The van der Waals surface area contributed by atoms with Crippen LogP contribution in [0.2, 0.25) is 0 Å². The number of primary amides is 1. The van der Waals surface area contributed by atoms with E-state index in [-0.39, 0.29) is 24.9 Å². The summed E-state index contributed by atoms with van der Waals surface area (Å²) in [6.45, 7) is 3.19. The lowest BCUT2D eigenvalue weighted by Crippen LogP contribution is -2.27. The van der Waals surface area contributed by atoms with Gasteiger partial charge >= 0.3 is 0 Å². The van der Waals surface area contributed by atoms with Crippen LogP contribution in [0.25, 0.3) is 0 Å². The molecule has 3 rings (SSSR count). The van der Waals surface area contributed by atoms with Crippen molar-refractivity contribution in [3.63, 3.8) is 0 Å². The number of hydrogen-bond donors (Lipinski definition) is 5. The van der Waals surface area contributed by atoms with Gasteiger partial charge in [0.1, 0.15) is 17.3 Å². The third kappa shape index (κ3) is 8.65. The molecule has 11 nitrogen and oxygen atoms in total. The fourth-order valence-corrected chi connectivity index (χ4v) is 3.02. The monoisotopic (exact) mass is 480 g/mol. The molecular formula is C24H28N6O5. The minimum atomic E-state index is -0.833. The number of nitrogen functional groups attached to an aromatic ring is 1. The molecule has 184 valence electrons. The van der Waals surface area contributed by atoms with Gasteiger partial charge in [-0.15, -0.1) is 0 Å². The third-order valence-electron chi connectivity index (χ3n) is 4.50. The largest absolute Gasteiger partial charge is 0.483 e. The van der Waals surface area contributed by atoms with E-state index in [2.05, 4.69) is 10.4 Å². The van der Waals surface area contributed by atoms with Gasteiger partial charge in [-0.2, -0.15) is 5.10 Å². The van der Waals surface area contributed by atoms with E-state index in [0.29, 0.717) is 29.1 Å². The standard InChI is InChI=1S/C22H24N6O3.C2H4O2/c1-14-9-18(28(27-14)12-15-5-3-2-4-6-15)22(30)26-11-17-8-7-16(21(24)25)10-19(17)31-13-20(23)29;1-2(3)4/h2-10H,11-13H2,1H3,(H2,23,29)(H3,24,25)(H,26,30);1H3,(H,3,4). The van der Waals surface area contributed by atoms with E-state index < -0.39 is 11.9 Å². The molecule has 7 N–H and O–H groups in total. The number of benzene rings is 2. The first-order valence-corrected chi connectivity index (χ1v) is 10.5. The number of aromatic nitrogens is 2. The minimum absolute atomic E-state index is 0.139. The summed E-state index contributed by atoms with van der Waals surface area (Å²) in [7, 11) is 0. The molecule has 0 spiro atoms. The molecule has 0 aliphatic carbocycles. The fourth-order valence-electron chi connectivity index (χ4n) is 3.02. The Morgan fingerprint density at radius 2 is 1.77 bits per heavy atom. The number of carboxylic acids is 1. The molecular weight excluding hydrogens is 452 g/mol. The van der Waals surface area contributed by atoms with Crippen LogP contribution in [0.5, 0.6) is 5.75 Å². The van der Waals surface area contributed by atoms with Crippen LogP contribution in [0.3, 0.4) is 0 Å². The van der Waals surface area contributed by atoms with Gasteiger partial charge in [-0.3, -0.25) is 24.5 Å². The van der Waals surface area contributed by atoms with Gasteiger partial charge in [-0.05, 0) is 24.6 Å². The highest BCUT2D eigenvalue weighted by Gasteiger charge is 2.16. The van der Waals surface area contributed by atoms with Crippen LogP contribution in [0.1, 0.15) is 39.8 Å². The van der Waals surface area contributed by atoms with Crippen LogP contribution < -0.4 is 21.5 Å². The Bertz CT molecular complexity index is 1200. The zero-order valence-corrected chi connectivity index (χ0v) is 19.4. The second kappa shape index (κ2) is 12.5. The number of carbonyl (C=O) groups is 3. The van der Waals surface area contributed by atoms with Crippen LogP contribution >= 0.6 is 0 Å². The van der Waals surface area contributed by atoms with Gasteiger partial charge < -0.3 is 26.6 Å². The number of carbonyl (C=O) groups excluding carboxylic acids is 2. The van der Waals surface area contributed by atoms with E-state index in [1.807, 2.05) is 37.3 Å². The van der Waals surface area contributed by atoms with Crippen molar-refractivity contribution in [2.75, 3.05) is 6.61 Å². The normalized spacial score (nSPS) is 10.0. The van der Waals surface area contributed by atoms with Gasteiger partial charge in [0.2, 0.25) is 0 Å². The Labute approximate surface area is 202 Å². The van der Waals surface area contributed by atoms with Gasteiger partial charge in [-0.1, -0.05) is 42.5 Å². The maximum Gasteiger partial charge on any atom is 0.300 e. The number of nitrogens with two attached hydrogens (primary N) is 2. The Hall–Kier alpha value is -4.67. The Kier molecular flexibility index (Phi) is 9.52. The molecule has 0 fully saturated rings. The second-order valence-electron chi connectivity index (χ2n) is 7.51. The van der Waals surface area contributed by atoms with Crippen molar-refractivity contribution in [1.82, 2.24) is 15.1 Å². The maximum atomic E-state index is 12.9. The fraction of sp³-hybridized carbons (Fsp3) is 0.208. The smallest absolute Gasteiger partial charge is 0.300 e. The molecule has 0 saturated heterocycles. The topological polar surface area (TPSA) is 186 Å². The number of aliphatic carboxylic acids is 1.